The van der Waals surface area contributed by atoms with Gasteiger partial charge in [0.15, 0.2) is 0 Å². The third kappa shape index (κ3) is 7.17. The van der Waals surface area contributed by atoms with Crippen LogP contribution >= 0.6 is 0 Å². The Morgan fingerprint density at radius 2 is 2.22 bits per heavy atom. The summed E-state index contributed by atoms with van der Waals surface area (Å²) >= 11 is 0. The fourth-order valence-electron chi connectivity index (χ4n) is 2.54. The van der Waals surface area contributed by atoms with Gasteiger partial charge in [0.2, 0.25) is 0 Å². The zero-order chi connectivity index (χ0) is 13.2. The molecule has 1 fully saturated rings. The average molecular weight is 253 g/mol. The second-order valence-corrected chi connectivity index (χ2v) is 5.71. The van der Waals surface area contributed by atoms with E-state index in [4.69, 9.17) is 4.74 Å². The lowest BCUT2D eigenvalue weighted by molar-refractivity contribution is 0.00845. The highest BCUT2D eigenvalue weighted by molar-refractivity contribution is 4.89. The van der Waals surface area contributed by atoms with Gasteiger partial charge in [-0.2, -0.15) is 0 Å². The summed E-state index contributed by atoms with van der Waals surface area (Å²) in [7, 11) is 0. The predicted octanol–water partition coefficient (Wildman–Crippen LogP) is 4.06. The summed E-state index contributed by atoms with van der Waals surface area (Å²) in [6, 6.07) is 0.646. The molecule has 18 heavy (non-hydrogen) atoms. The van der Waals surface area contributed by atoms with E-state index in [9.17, 15) is 0 Å². The van der Waals surface area contributed by atoms with Crippen LogP contribution in [0.4, 0.5) is 0 Å². The van der Waals surface area contributed by atoms with E-state index in [0.29, 0.717) is 12.1 Å². The fourth-order valence-corrected chi connectivity index (χ4v) is 2.54. The molecule has 0 spiro atoms. The topological polar surface area (TPSA) is 21.3 Å². The van der Waals surface area contributed by atoms with Crippen LogP contribution in [-0.2, 0) is 4.74 Å². The lowest BCUT2D eigenvalue weighted by Gasteiger charge is -2.25. The van der Waals surface area contributed by atoms with Gasteiger partial charge in [-0.05, 0) is 64.8 Å². The van der Waals surface area contributed by atoms with Crippen LogP contribution in [-0.4, -0.2) is 25.3 Å². The van der Waals surface area contributed by atoms with Crippen molar-refractivity contribution in [3.63, 3.8) is 0 Å². The van der Waals surface area contributed by atoms with Crippen molar-refractivity contribution in [2.24, 2.45) is 0 Å². The first kappa shape index (κ1) is 15.7. The Labute approximate surface area is 113 Å². The van der Waals surface area contributed by atoms with Crippen LogP contribution in [0.25, 0.3) is 0 Å². The number of hydrogen-bond donors (Lipinski definition) is 1. The molecule has 0 bridgehead atoms. The van der Waals surface area contributed by atoms with E-state index in [2.05, 4.69) is 25.7 Å². The maximum absolute atomic E-state index is 5.81. The Bertz CT molecular complexity index is 221. The summed E-state index contributed by atoms with van der Waals surface area (Å²) in [5.74, 6) is 0. The molecule has 0 aromatic heterocycles. The maximum atomic E-state index is 5.81. The number of hydrogen-bond acceptors (Lipinski definition) is 2. The number of nitrogens with one attached hydrogen (secondary N) is 1. The molecule has 1 rings (SSSR count). The first-order valence-electron chi connectivity index (χ1n) is 7.71. The third-order valence-electron chi connectivity index (χ3n) is 3.71. The average Bonchev–Trinajstić information content (AvgIpc) is 2.39. The molecule has 1 aliphatic rings. The molecule has 2 unspecified atom stereocenters. The van der Waals surface area contributed by atoms with Gasteiger partial charge in [-0.15, -0.1) is 6.58 Å². The summed E-state index contributed by atoms with van der Waals surface area (Å²) in [6.45, 7) is 10.5. The van der Waals surface area contributed by atoms with Crippen LogP contribution < -0.4 is 5.32 Å². The molecule has 1 N–H and O–H groups in total. The Balaban J connectivity index is 2.22. The van der Waals surface area contributed by atoms with Gasteiger partial charge in [-0.1, -0.05) is 12.5 Å². The van der Waals surface area contributed by atoms with Crippen LogP contribution in [0.5, 0.6) is 0 Å². The molecule has 0 aromatic carbocycles. The monoisotopic (exact) mass is 253 g/mol. The van der Waals surface area contributed by atoms with E-state index in [0.717, 1.165) is 19.6 Å². The lowest BCUT2D eigenvalue weighted by atomic mass is 9.98. The smallest absolute Gasteiger partial charge is 0.0575 e. The van der Waals surface area contributed by atoms with Crippen LogP contribution in [0.15, 0.2) is 12.2 Å². The Morgan fingerprint density at radius 1 is 1.39 bits per heavy atom. The molecule has 1 aliphatic heterocycles. The Kier molecular flexibility index (Phi) is 8.36. The highest BCUT2D eigenvalue weighted by Crippen LogP contribution is 2.19. The van der Waals surface area contributed by atoms with Crippen LogP contribution in [0.3, 0.4) is 0 Å². The van der Waals surface area contributed by atoms with Gasteiger partial charge in [0.25, 0.3) is 0 Å². The van der Waals surface area contributed by atoms with Crippen LogP contribution in [0.2, 0.25) is 0 Å². The minimum atomic E-state index is 0.523. The molecule has 0 aromatic rings. The van der Waals surface area contributed by atoms with Crippen LogP contribution in [0, 0.1) is 0 Å². The number of rotatable bonds is 9. The van der Waals surface area contributed by atoms with Gasteiger partial charge < -0.3 is 10.1 Å². The molecule has 1 saturated heterocycles. The zero-order valence-electron chi connectivity index (χ0n) is 12.3. The van der Waals surface area contributed by atoms with E-state index in [-0.39, 0.29) is 0 Å². The first-order valence-corrected chi connectivity index (χ1v) is 7.71. The van der Waals surface area contributed by atoms with Gasteiger partial charge in [-0.3, -0.25) is 0 Å². The zero-order valence-corrected chi connectivity index (χ0v) is 12.3. The van der Waals surface area contributed by atoms with Crippen molar-refractivity contribution in [1.29, 1.82) is 0 Å². The highest BCUT2D eigenvalue weighted by atomic mass is 16.5. The molecular formula is C16H31NO. The summed E-state index contributed by atoms with van der Waals surface area (Å²) in [6.07, 6.45) is 10.4. The standard InChI is InChI=1S/C16H31NO/c1-4-12-17-15(9-8-14(2)3)10-11-16-7-5-6-13-18-16/h15-17H,2,4-13H2,1,3H3. The molecule has 1 heterocycles. The second kappa shape index (κ2) is 9.57. The summed E-state index contributed by atoms with van der Waals surface area (Å²) in [5, 5.41) is 3.67. The molecule has 0 aliphatic carbocycles. The molecule has 106 valence electrons. The molecule has 2 nitrogen and oxygen atoms in total. The second-order valence-electron chi connectivity index (χ2n) is 5.71. The maximum Gasteiger partial charge on any atom is 0.0575 e. The van der Waals surface area contributed by atoms with Crippen molar-refractivity contribution in [1.82, 2.24) is 5.32 Å². The van der Waals surface area contributed by atoms with Gasteiger partial charge in [0.1, 0.15) is 0 Å². The number of ether oxygens (including phenoxy) is 1. The highest BCUT2D eigenvalue weighted by Gasteiger charge is 2.16. The van der Waals surface area contributed by atoms with E-state index in [1.165, 1.54) is 50.5 Å². The Hall–Kier alpha value is -0.340. The molecular weight excluding hydrogens is 222 g/mol. The fraction of sp³-hybridized carbons (Fsp3) is 0.875. The Morgan fingerprint density at radius 3 is 2.83 bits per heavy atom. The van der Waals surface area contributed by atoms with Crippen molar-refractivity contribution < 1.29 is 4.74 Å². The lowest BCUT2D eigenvalue weighted by Crippen LogP contribution is -2.31. The minimum absolute atomic E-state index is 0.523. The van der Waals surface area contributed by atoms with E-state index < -0.39 is 0 Å². The summed E-state index contributed by atoms with van der Waals surface area (Å²) in [4.78, 5) is 0. The molecule has 0 amide bonds. The van der Waals surface area contributed by atoms with Gasteiger partial charge >= 0.3 is 0 Å². The van der Waals surface area contributed by atoms with E-state index in [1.807, 2.05) is 0 Å². The van der Waals surface area contributed by atoms with Crippen molar-refractivity contribution in [2.75, 3.05) is 13.2 Å². The van der Waals surface area contributed by atoms with Gasteiger partial charge in [-0.25, -0.2) is 0 Å². The largest absolute Gasteiger partial charge is 0.378 e. The van der Waals surface area contributed by atoms with Gasteiger partial charge in [0.05, 0.1) is 6.10 Å². The number of allylic oxidation sites excluding steroid dienone is 1. The van der Waals surface area contributed by atoms with E-state index in [1.54, 1.807) is 0 Å². The minimum Gasteiger partial charge on any atom is -0.378 e. The quantitative estimate of drug-likeness (QED) is 0.626. The summed E-state index contributed by atoms with van der Waals surface area (Å²) in [5.41, 5.74) is 1.30. The summed E-state index contributed by atoms with van der Waals surface area (Å²) < 4.78 is 5.81. The predicted molar refractivity (Wildman–Crippen MR) is 79.0 cm³/mol. The normalized spacial score (nSPS) is 21.8. The molecule has 2 atom stereocenters. The van der Waals surface area contributed by atoms with Gasteiger partial charge in [0, 0.05) is 12.6 Å². The van der Waals surface area contributed by atoms with Crippen molar-refractivity contribution >= 4 is 0 Å². The molecule has 0 radical (unpaired) electrons. The SMILES string of the molecule is C=C(C)CCC(CCC1CCCCO1)NCCC. The van der Waals surface area contributed by atoms with Crippen molar-refractivity contribution in [3.8, 4) is 0 Å². The molecule has 2 heteroatoms. The van der Waals surface area contributed by atoms with Crippen molar-refractivity contribution in [3.05, 3.63) is 12.2 Å². The van der Waals surface area contributed by atoms with E-state index >= 15 is 0 Å². The third-order valence-corrected chi connectivity index (χ3v) is 3.71. The molecule has 0 saturated carbocycles. The van der Waals surface area contributed by atoms with Crippen molar-refractivity contribution in [2.45, 2.75) is 77.4 Å². The van der Waals surface area contributed by atoms with Crippen LogP contribution in [0.1, 0.15) is 65.2 Å². The first-order chi connectivity index (χ1) is 8.72.